The van der Waals surface area contributed by atoms with Gasteiger partial charge in [-0.2, -0.15) is 5.10 Å². The van der Waals surface area contributed by atoms with Gasteiger partial charge < -0.3 is 9.88 Å². The first-order chi connectivity index (χ1) is 15.1. The molecule has 7 nitrogen and oxygen atoms in total. The monoisotopic (exact) mass is 415 g/mol. The summed E-state index contributed by atoms with van der Waals surface area (Å²) in [6.45, 7) is 3.43. The SMILES string of the molecule is Cc1ccccc1-n1c(CC2CCN(C(=O)c3ccc4[nH]ccc4c3)CC2)n[nH]c1=O. The van der Waals surface area contributed by atoms with Crippen molar-refractivity contribution < 1.29 is 4.79 Å². The second-order valence-corrected chi connectivity index (χ2v) is 8.29. The molecular weight excluding hydrogens is 390 g/mol. The average molecular weight is 415 g/mol. The van der Waals surface area contributed by atoms with Gasteiger partial charge in [0.25, 0.3) is 5.91 Å². The molecule has 158 valence electrons. The van der Waals surface area contributed by atoms with Crippen LogP contribution in [0.2, 0.25) is 0 Å². The van der Waals surface area contributed by atoms with Gasteiger partial charge >= 0.3 is 5.69 Å². The number of nitrogens with one attached hydrogen (secondary N) is 2. The lowest BCUT2D eigenvalue weighted by Crippen LogP contribution is -2.39. The van der Waals surface area contributed by atoms with E-state index in [1.165, 1.54) is 0 Å². The number of H-pyrrole nitrogens is 2. The van der Waals surface area contributed by atoms with Crippen LogP contribution < -0.4 is 5.69 Å². The fourth-order valence-corrected chi connectivity index (χ4v) is 4.50. The summed E-state index contributed by atoms with van der Waals surface area (Å²) >= 11 is 0. The van der Waals surface area contributed by atoms with Crippen LogP contribution >= 0.6 is 0 Å². The molecule has 2 N–H and O–H groups in total. The van der Waals surface area contributed by atoms with E-state index in [4.69, 9.17) is 0 Å². The van der Waals surface area contributed by atoms with Crippen LogP contribution in [0.1, 0.15) is 34.6 Å². The summed E-state index contributed by atoms with van der Waals surface area (Å²) in [5.41, 5.74) is 3.45. The Morgan fingerprint density at radius 3 is 2.74 bits per heavy atom. The molecule has 4 aromatic rings. The number of amides is 1. The Bertz CT molecular complexity index is 1290. The van der Waals surface area contributed by atoms with E-state index >= 15 is 0 Å². The fourth-order valence-electron chi connectivity index (χ4n) is 4.50. The van der Waals surface area contributed by atoms with Gasteiger partial charge in [0.2, 0.25) is 0 Å². The zero-order valence-corrected chi connectivity index (χ0v) is 17.5. The van der Waals surface area contributed by atoms with Gasteiger partial charge in [0.15, 0.2) is 0 Å². The van der Waals surface area contributed by atoms with E-state index in [-0.39, 0.29) is 11.6 Å². The molecule has 0 unspecified atom stereocenters. The van der Waals surface area contributed by atoms with Crippen molar-refractivity contribution in [1.82, 2.24) is 24.6 Å². The summed E-state index contributed by atoms with van der Waals surface area (Å²) < 4.78 is 1.68. The van der Waals surface area contributed by atoms with Gasteiger partial charge in [-0.25, -0.2) is 14.5 Å². The van der Waals surface area contributed by atoms with Crippen molar-refractivity contribution in [3.63, 3.8) is 0 Å². The lowest BCUT2D eigenvalue weighted by atomic mass is 9.92. The maximum atomic E-state index is 13.0. The van der Waals surface area contributed by atoms with Gasteiger partial charge in [-0.3, -0.25) is 4.79 Å². The van der Waals surface area contributed by atoms with Crippen molar-refractivity contribution >= 4 is 16.8 Å². The van der Waals surface area contributed by atoms with Gasteiger partial charge in [-0.1, -0.05) is 18.2 Å². The minimum absolute atomic E-state index is 0.0816. The molecule has 7 heteroatoms. The molecule has 1 aliphatic rings. The number of carbonyl (C=O) groups excluding carboxylic acids is 1. The largest absolute Gasteiger partial charge is 0.361 e. The number of aromatic amines is 2. The minimum atomic E-state index is -0.211. The van der Waals surface area contributed by atoms with Gasteiger partial charge in [-0.05, 0) is 61.6 Å². The lowest BCUT2D eigenvalue weighted by molar-refractivity contribution is 0.0690. The highest BCUT2D eigenvalue weighted by atomic mass is 16.2. The summed E-state index contributed by atoms with van der Waals surface area (Å²) in [5, 5.41) is 7.95. The molecule has 1 fully saturated rings. The van der Waals surface area contributed by atoms with E-state index in [9.17, 15) is 9.59 Å². The average Bonchev–Trinajstić information content (AvgIpc) is 3.40. The first-order valence-electron chi connectivity index (χ1n) is 10.7. The highest BCUT2D eigenvalue weighted by Crippen LogP contribution is 2.24. The smallest absolute Gasteiger partial charge is 0.347 e. The van der Waals surface area contributed by atoms with Crippen LogP contribution in [0, 0.1) is 12.8 Å². The molecule has 0 bridgehead atoms. The quantitative estimate of drug-likeness (QED) is 0.535. The van der Waals surface area contributed by atoms with Gasteiger partial charge in [0, 0.05) is 42.2 Å². The van der Waals surface area contributed by atoms with E-state index in [0.717, 1.165) is 46.4 Å². The van der Waals surface area contributed by atoms with E-state index < -0.39 is 0 Å². The number of fused-ring (bicyclic) bond motifs is 1. The number of aryl methyl sites for hydroxylation is 1. The third kappa shape index (κ3) is 3.67. The molecule has 2 aromatic carbocycles. The Labute approximate surface area is 179 Å². The number of piperidine rings is 1. The number of para-hydroxylation sites is 1. The second kappa shape index (κ2) is 7.91. The Morgan fingerprint density at radius 1 is 1.13 bits per heavy atom. The standard InChI is InChI=1S/C24H25N5O2/c1-16-4-2-3-5-21(16)29-22(26-27-24(29)31)14-17-9-12-28(13-10-17)23(30)19-6-7-20-18(15-19)8-11-25-20/h2-8,11,15,17,25H,9-10,12-14H2,1H3,(H,27,31). The lowest BCUT2D eigenvalue weighted by Gasteiger charge is -2.32. The number of hydrogen-bond acceptors (Lipinski definition) is 3. The molecule has 2 aromatic heterocycles. The van der Waals surface area contributed by atoms with Gasteiger partial charge in [0.05, 0.1) is 5.69 Å². The van der Waals surface area contributed by atoms with Crippen LogP contribution in [0.15, 0.2) is 59.5 Å². The van der Waals surface area contributed by atoms with Crippen molar-refractivity contribution in [2.24, 2.45) is 5.92 Å². The predicted molar refractivity (Wildman–Crippen MR) is 120 cm³/mol. The predicted octanol–water partition coefficient (Wildman–Crippen LogP) is 3.45. The summed E-state index contributed by atoms with van der Waals surface area (Å²) in [7, 11) is 0. The number of nitrogens with zero attached hydrogens (tertiary/aromatic N) is 3. The van der Waals surface area contributed by atoms with E-state index in [1.54, 1.807) is 4.57 Å². The van der Waals surface area contributed by atoms with Crippen molar-refractivity contribution in [2.75, 3.05) is 13.1 Å². The molecular formula is C24H25N5O2. The molecule has 0 aliphatic carbocycles. The van der Waals surface area contributed by atoms with Gasteiger partial charge in [-0.15, -0.1) is 0 Å². The third-order valence-corrected chi connectivity index (χ3v) is 6.27. The van der Waals surface area contributed by atoms with Crippen molar-refractivity contribution in [2.45, 2.75) is 26.2 Å². The number of hydrogen-bond donors (Lipinski definition) is 2. The van der Waals surface area contributed by atoms with Crippen LogP contribution in [0.3, 0.4) is 0 Å². The molecule has 0 radical (unpaired) electrons. The maximum absolute atomic E-state index is 13.0. The topological polar surface area (TPSA) is 86.8 Å². The Morgan fingerprint density at radius 2 is 1.94 bits per heavy atom. The van der Waals surface area contributed by atoms with Crippen LogP contribution in [-0.2, 0) is 6.42 Å². The zero-order valence-electron chi connectivity index (χ0n) is 17.5. The number of likely N-dealkylation sites (tertiary alicyclic amines) is 1. The molecule has 1 saturated heterocycles. The molecule has 31 heavy (non-hydrogen) atoms. The van der Waals surface area contributed by atoms with Gasteiger partial charge in [0.1, 0.15) is 5.82 Å². The van der Waals surface area contributed by atoms with E-state index in [2.05, 4.69) is 15.2 Å². The first-order valence-corrected chi connectivity index (χ1v) is 10.7. The minimum Gasteiger partial charge on any atom is -0.361 e. The molecule has 1 aliphatic heterocycles. The highest BCUT2D eigenvalue weighted by Gasteiger charge is 2.26. The van der Waals surface area contributed by atoms with Crippen molar-refractivity contribution in [3.05, 3.63) is 82.2 Å². The first kappa shape index (κ1) is 19.4. The fraction of sp³-hybridized carbons (Fsp3) is 0.292. The summed E-state index contributed by atoms with van der Waals surface area (Å²) in [5.74, 6) is 1.22. The van der Waals surface area contributed by atoms with E-state index in [0.29, 0.717) is 25.4 Å². The van der Waals surface area contributed by atoms with Crippen LogP contribution in [0.25, 0.3) is 16.6 Å². The molecule has 0 spiro atoms. The normalized spacial score (nSPS) is 14.9. The molecule has 0 saturated carbocycles. The van der Waals surface area contributed by atoms with Crippen molar-refractivity contribution in [1.29, 1.82) is 0 Å². The van der Waals surface area contributed by atoms with Crippen LogP contribution in [-0.4, -0.2) is 43.6 Å². The number of aromatic nitrogens is 4. The maximum Gasteiger partial charge on any atom is 0.347 e. The van der Waals surface area contributed by atoms with E-state index in [1.807, 2.05) is 66.6 Å². The highest BCUT2D eigenvalue weighted by molar-refractivity contribution is 5.98. The summed E-state index contributed by atoms with van der Waals surface area (Å²) in [6, 6.07) is 15.6. The number of carbonyl (C=O) groups is 1. The zero-order chi connectivity index (χ0) is 21.4. The Balaban J connectivity index is 1.27. The van der Waals surface area contributed by atoms with Crippen LogP contribution in [0.5, 0.6) is 0 Å². The summed E-state index contributed by atoms with van der Waals surface area (Å²) in [6.07, 6.45) is 4.39. The number of rotatable bonds is 4. The molecule has 0 atom stereocenters. The van der Waals surface area contributed by atoms with Crippen molar-refractivity contribution in [3.8, 4) is 5.69 Å². The molecule has 1 amide bonds. The Hall–Kier alpha value is -3.61. The Kier molecular flexibility index (Phi) is 4.94. The second-order valence-electron chi connectivity index (χ2n) is 8.29. The number of benzene rings is 2. The summed E-state index contributed by atoms with van der Waals surface area (Å²) in [4.78, 5) is 30.5. The third-order valence-electron chi connectivity index (χ3n) is 6.27. The molecule has 3 heterocycles. The molecule has 5 rings (SSSR count). The van der Waals surface area contributed by atoms with Crippen LogP contribution in [0.4, 0.5) is 0 Å².